The number of benzene rings is 2. The average Bonchev–Trinajstić information content (AvgIpc) is 2.97. The number of amides is 2. The summed E-state index contributed by atoms with van der Waals surface area (Å²) in [7, 11) is 0. The number of thioether (sulfide) groups is 1. The number of nitrogens with zero attached hydrogens (tertiary/aromatic N) is 1. The van der Waals surface area contributed by atoms with Crippen LogP contribution in [0.25, 0.3) is 10.2 Å². The van der Waals surface area contributed by atoms with E-state index in [1.165, 1.54) is 18.3 Å². The Labute approximate surface area is 164 Å². The van der Waals surface area contributed by atoms with Crippen molar-refractivity contribution in [3.63, 3.8) is 0 Å². The summed E-state index contributed by atoms with van der Waals surface area (Å²) < 4.78 is 0.905. The number of anilines is 2. The SMILES string of the molecule is CC(=O)Nc1ccc2nc(NC(=O)CCSc3ccc(Cl)cc3)sc2c1. The highest BCUT2D eigenvalue weighted by Crippen LogP contribution is 2.28. The predicted molar refractivity (Wildman–Crippen MR) is 109 cm³/mol. The molecule has 0 radical (unpaired) electrons. The first-order valence-corrected chi connectivity index (χ1v) is 10.0. The molecule has 0 aliphatic carbocycles. The van der Waals surface area contributed by atoms with Gasteiger partial charge in [-0.05, 0) is 42.5 Å². The first-order chi connectivity index (χ1) is 12.5. The average molecular weight is 406 g/mol. The fourth-order valence-electron chi connectivity index (χ4n) is 2.23. The largest absolute Gasteiger partial charge is 0.326 e. The third-order valence-electron chi connectivity index (χ3n) is 3.37. The molecule has 0 spiro atoms. The number of aromatic nitrogens is 1. The maximum Gasteiger partial charge on any atom is 0.226 e. The van der Waals surface area contributed by atoms with Gasteiger partial charge in [0.25, 0.3) is 0 Å². The molecule has 5 nitrogen and oxygen atoms in total. The Morgan fingerprint density at radius 3 is 2.65 bits per heavy atom. The number of fused-ring (bicyclic) bond motifs is 1. The van der Waals surface area contributed by atoms with Crippen LogP contribution in [0.3, 0.4) is 0 Å². The Balaban J connectivity index is 1.55. The highest BCUT2D eigenvalue weighted by molar-refractivity contribution is 7.99. The minimum Gasteiger partial charge on any atom is -0.326 e. The minimum atomic E-state index is -0.124. The van der Waals surface area contributed by atoms with Crippen LogP contribution >= 0.6 is 34.7 Å². The van der Waals surface area contributed by atoms with Crippen molar-refractivity contribution in [2.24, 2.45) is 0 Å². The molecule has 0 bridgehead atoms. The first kappa shape index (κ1) is 18.7. The Kier molecular flexibility index (Phi) is 6.13. The van der Waals surface area contributed by atoms with Gasteiger partial charge in [-0.15, -0.1) is 11.8 Å². The number of thiazole rings is 1. The van der Waals surface area contributed by atoms with E-state index in [9.17, 15) is 9.59 Å². The highest BCUT2D eigenvalue weighted by atomic mass is 35.5. The van der Waals surface area contributed by atoms with Gasteiger partial charge in [0.15, 0.2) is 5.13 Å². The summed E-state index contributed by atoms with van der Waals surface area (Å²) in [5.41, 5.74) is 1.50. The number of hydrogen-bond acceptors (Lipinski definition) is 5. The van der Waals surface area contributed by atoms with E-state index in [2.05, 4.69) is 15.6 Å². The molecule has 2 aromatic carbocycles. The zero-order chi connectivity index (χ0) is 18.5. The summed E-state index contributed by atoms with van der Waals surface area (Å²) in [5.74, 6) is 0.471. The van der Waals surface area contributed by atoms with Crippen molar-refractivity contribution in [2.75, 3.05) is 16.4 Å². The van der Waals surface area contributed by atoms with Gasteiger partial charge in [0, 0.05) is 34.7 Å². The van der Waals surface area contributed by atoms with Crippen molar-refractivity contribution in [1.82, 2.24) is 4.98 Å². The molecule has 26 heavy (non-hydrogen) atoms. The van der Waals surface area contributed by atoms with Gasteiger partial charge in [-0.25, -0.2) is 4.98 Å². The summed E-state index contributed by atoms with van der Waals surface area (Å²) in [5, 5.41) is 6.82. The van der Waals surface area contributed by atoms with E-state index in [0.29, 0.717) is 28.0 Å². The topological polar surface area (TPSA) is 71.1 Å². The summed E-state index contributed by atoms with van der Waals surface area (Å²) in [4.78, 5) is 28.7. The van der Waals surface area contributed by atoms with Gasteiger partial charge in [0.2, 0.25) is 11.8 Å². The van der Waals surface area contributed by atoms with E-state index in [0.717, 1.165) is 15.1 Å². The first-order valence-electron chi connectivity index (χ1n) is 7.86. The molecule has 3 rings (SSSR count). The van der Waals surface area contributed by atoms with E-state index < -0.39 is 0 Å². The third kappa shape index (κ3) is 5.20. The molecule has 0 atom stereocenters. The van der Waals surface area contributed by atoms with Crippen molar-refractivity contribution < 1.29 is 9.59 Å². The molecule has 0 unspecified atom stereocenters. The number of rotatable bonds is 6. The zero-order valence-electron chi connectivity index (χ0n) is 13.9. The van der Waals surface area contributed by atoms with Crippen molar-refractivity contribution in [3.8, 4) is 0 Å². The normalized spacial score (nSPS) is 10.7. The molecule has 0 aliphatic rings. The number of halogens is 1. The molecule has 8 heteroatoms. The van der Waals surface area contributed by atoms with E-state index in [-0.39, 0.29) is 11.8 Å². The van der Waals surface area contributed by atoms with Crippen LogP contribution in [-0.2, 0) is 9.59 Å². The maximum absolute atomic E-state index is 12.1. The number of carbonyl (C=O) groups is 2. The monoisotopic (exact) mass is 405 g/mol. The number of nitrogens with one attached hydrogen (secondary N) is 2. The van der Waals surface area contributed by atoms with E-state index >= 15 is 0 Å². The van der Waals surface area contributed by atoms with Crippen molar-refractivity contribution in [1.29, 1.82) is 0 Å². The van der Waals surface area contributed by atoms with Crippen LogP contribution in [0.1, 0.15) is 13.3 Å². The molecule has 0 fully saturated rings. The van der Waals surface area contributed by atoms with Crippen molar-refractivity contribution in [2.45, 2.75) is 18.2 Å². The molecule has 3 aromatic rings. The molecule has 0 saturated heterocycles. The number of carbonyl (C=O) groups excluding carboxylic acids is 2. The standard InChI is InChI=1S/C18H16ClN3O2S2/c1-11(23)20-13-4-7-15-16(10-13)26-18(21-15)22-17(24)8-9-25-14-5-2-12(19)3-6-14/h2-7,10H,8-9H2,1H3,(H,20,23)(H,21,22,24). The predicted octanol–water partition coefficient (Wildman–Crippen LogP) is 5.03. The van der Waals surface area contributed by atoms with Crippen molar-refractivity contribution in [3.05, 3.63) is 47.5 Å². The molecular weight excluding hydrogens is 390 g/mol. The van der Waals surface area contributed by atoms with Gasteiger partial charge in [-0.2, -0.15) is 0 Å². The summed E-state index contributed by atoms with van der Waals surface area (Å²) in [6.45, 7) is 1.46. The van der Waals surface area contributed by atoms with Crippen LogP contribution in [0.5, 0.6) is 0 Å². The van der Waals surface area contributed by atoms with Gasteiger partial charge in [0.05, 0.1) is 10.2 Å². The van der Waals surface area contributed by atoms with Crippen LogP contribution in [0.4, 0.5) is 10.8 Å². The van der Waals surface area contributed by atoms with Crippen LogP contribution in [0, 0.1) is 0 Å². The number of hydrogen-bond donors (Lipinski definition) is 2. The lowest BCUT2D eigenvalue weighted by Crippen LogP contribution is -2.11. The van der Waals surface area contributed by atoms with Crippen molar-refractivity contribution >= 4 is 67.5 Å². The van der Waals surface area contributed by atoms with Gasteiger partial charge in [-0.3, -0.25) is 9.59 Å². The van der Waals surface area contributed by atoms with Crippen LogP contribution in [0.2, 0.25) is 5.02 Å². The second kappa shape index (κ2) is 8.53. The Bertz CT molecular complexity index is 941. The molecule has 1 aromatic heterocycles. The van der Waals surface area contributed by atoms with E-state index in [1.54, 1.807) is 17.8 Å². The van der Waals surface area contributed by atoms with Crippen LogP contribution in [0.15, 0.2) is 47.4 Å². The molecule has 134 valence electrons. The fourth-order valence-corrected chi connectivity index (χ4v) is 4.13. The fraction of sp³-hybridized carbons (Fsp3) is 0.167. The zero-order valence-corrected chi connectivity index (χ0v) is 16.3. The summed E-state index contributed by atoms with van der Waals surface area (Å²) >= 11 is 8.84. The highest BCUT2D eigenvalue weighted by Gasteiger charge is 2.09. The molecular formula is C18H16ClN3O2S2. The third-order valence-corrected chi connectivity index (χ3v) is 5.57. The van der Waals surface area contributed by atoms with Crippen LogP contribution in [-0.4, -0.2) is 22.6 Å². The van der Waals surface area contributed by atoms with Gasteiger partial charge in [0.1, 0.15) is 0 Å². The van der Waals surface area contributed by atoms with Gasteiger partial charge >= 0.3 is 0 Å². The molecule has 2 amide bonds. The lowest BCUT2D eigenvalue weighted by Gasteiger charge is -2.02. The van der Waals surface area contributed by atoms with E-state index in [4.69, 9.17) is 11.6 Å². The molecule has 0 aliphatic heterocycles. The molecule has 1 heterocycles. The smallest absolute Gasteiger partial charge is 0.226 e. The minimum absolute atomic E-state index is 0.0763. The Morgan fingerprint density at radius 2 is 1.92 bits per heavy atom. The van der Waals surface area contributed by atoms with Gasteiger partial charge in [-0.1, -0.05) is 22.9 Å². The summed E-state index contributed by atoms with van der Waals surface area (Å²) in [6, 6.07) is 13.0. The Hall–Kier alpha value is -2.09. The molecule has 2 N–H and O–H groups in total. The summed E-state index contributed by atoms with van der Waals surface area (Å²) in [6.07, 6.45) is 0.389. The van der Waals surface area contributed by atoms with Crippen LogP contribution < -0.4 is 10.6 Å². The van der Waals surface area contributed by atoms with E-state index in [1.807, 2.05) is 36.4 Å². The maximum atomic E-state index is 12.1. The van der Waals surface area contributed by atoms with Gasteiger partial charge < -0.3 is 10.6 Å². The quantitative estimate of drug-likeness (QED) is 0.564. The second-order valence-corrected chi connectivity index (χ2v) is 8.12. The lowest BCUT2D eigenvalue weighted by atomic mass is 10.3. The lowest BCUT2D eigenvalue weighted by molar-refractivity contribution is -0.116. The Morgan fingerprint density at radius 1 is 1.15 bits per heavy atom. The molecule has 0 saturated carbocycles. The second-order valence-electron chi connectivity index (χ2n) is 5.48.